The molecule has 2 N–H and O–H groups in total. The minimum Gasteiger partial charge on any atom is -0.452 e. The van der Waals surface area contributed by atoms with Gasteiger partial charge in [-0.2, -0.15) is 5.10 Å². The molecule has 0 spiro atoms. The topological polar surface area (TPSA) is 87.2 Å². The Kier molecular flexibility index (Phi) is 4.61. The van der Waals surface area contributed by atoms with Crippen LogP contribution >= 0.6 is 0 Å². The van der Waals surface area contributed by atoms with Crippen LogP contribution in [0.4, 0.5) is 0 Å². The van der Waals surface area contributed by atoms with Crippen LogP contribution in [-0.2, 0) is 9.53 Å². The predicted molar refractivity (Wildman–Crippen MR) is 93.2 cm³/mol. The number of ether oxygens (including phenoxy) is 1. The lowest BCUT2D eigenvalue weighted by atomic mass is 10.1. The Labute approximate surface area is 144 Å². The number of primary amides is 1. The molecule has 0 aliphatic rings. The molecule has 0 unspecified atom stereocenters. The lowest BCUT2D eigenvalue weighted by Gasteiger charge is -2.03. The van der Waals surface area contributed by atoms with Crippen molar-refractivity contribution in [2.75, 3.05) is 6.61 Å². The number of benzene rings is 2. The van der Waals surface area contributed by atoms with Crippen molar-refractivity contribution in [2.45, 2.75) is 6.92 Å². The molecule has 0 saturated carbocycles. The van der Waals surface area contributed by atoms with Gasteiger partial charge in [-0.15, -0.1) is 0 Å². The minimum atomic E-state index is -0.708. The number of aromatic nitrogens is 2. The zero-order valence-electron chi connectivity index (χ0n) is 13.7. The SMILES string of the molecule is Cc1ccc(-c2nn(-c3ccccc3)cc2C(=O)OCC(N)=O)cc1. The molecule has 0 aliphatic heterocycles. The third kappa shape index (κ3) is 3.74. The molecule has 0 atom stereocenters. The first-order chi connectivity index (χ1) is 12.0. The molecule has 0 radical (unpaired) electrons. The number of nitrogens with zero attached hydrogens (tertiary/aromatic N) is 2. The summed E-state index contributed by atoms with van der Waals surface area (Å²) in [5.74, 6) is -1.35. The van der Waals surface area contributed by atoms with E-state index < -0.39 is 18.5 Å². The lowest BCUT2D eigenvalue weighted by molar-refractivity contribution is -0.121. The molecular weight excluding hydrogens is 318 g/mol. The number of rotatable bonds is 5. The second-order valence-electron chi connectivity index (χ2n) is 5.58. The molecule has 3 rings (SSSR count). The molecule has 6 heteroatoms. The molecule has 2 aromatic carbocycles. The number of para-hydroxylation sites is 1. The fraction of sp³-hybridized carbons (Fsp3) is 0.105. The number of carbonyl (C=O) groups is 2. The van der Waals surface area contributed by atoms with E-state index >= 15 is 0 Å². The van der Waals surface area contributed by atoms with E-state index in [4.69, 9.17) is 10.5 Å². The van der Waals surface area contributed by atoms with Crippen molar-refractivity contribution in [3.8, 4) is 16.9 Å². The van der Waals surface area contributed by atoms with Gasteiger partial charge in [0, 0.05) is 11.8 Å². The average Bonchev–Trinajstić information content (AvgIpc) is 3.06. The summed E-state index contributed by atoms with van der Waals surface area (Å²) in [6, 6.07) is 17.1. The molecule has 126 valence electrons. The Bertz CT molecular complexity index is 899. The maximum absolute atomic E-state index is 12.4. The van der Waals surface area contributed by atoms with Gasteiger partial charge in [-0.05, 0) is 19.1 Å². The fourth-order valence-corrected chi connectivity index (χ4v) is 2.38. The molecule has 0 fully saturated rings. The van der Waals surface area contributed by atoms with Crippen LogP contribution in [0, 0.1) is 6.92 Å². The monoisotopic (exact) mass is 335 g/mol. The van der Waals surface area contributed by atoms with Crippen LogP contribution in [0.3, 0.4) is 0 Å². The van der Waals surface area contributed by atoms with Crippen molar-refractivity contribution in [3.05, 3.63) is 71.9 Å². The van der Waals surface area contributed by atoms with Gasteiger partial charge in [-0.1, -0.05) is 48.0 Å². The number of nitrogens with two attached hydrogens (primary N) is 1. The third-order valence-electron chi connectivity index (χ3n) is 3.63. The van der Waals surface area contributed by atoms with Crippen LogP contribution in [0.5, 0.6) is 0 Å². The van der Waals surface area contributed by atoms with E-state index in [1.807, 2.05) is 61.5 Å². The van der Waals surface area contributed by atoms with Crippen LogP contribution in [-0.4, -0.2) is 28.3 Å². The van der Waals surface area contributed by atoms with Crippen molar-refractivity contribution >= 4 is 11.9 Å². The first kappa shape index (κ1) is 16.4. The van der Waals surface area contributed by atoms with E-state index in [0.717, 1.165) is 16.8 Å². The third-order valence-corrected chi connectivity index (χ3v) is 3.63. The van der Waals surface area contributed by atoms with Crippen molar-refractivity contribution in [1.29, 1.82) is 0 Å². The highest BCUT2D eigenvalue weighted by molar-refractivity contribution is 5.97. The smallest absolute Gasteiger partial charge is 0.342 e. The molecule has 1 aromatic heterocycles. The van der Waals surface area contributed by atoms with Crippen molar-refractivity contribution in [1.82, 2.24) is 9.78 Å². The van der Waals surface area contributed by atoms with Crippen LogP contribution in [0.2, 0.25) is 0 Å². The average molecular weight is 335 g/mol. The summed E-state index contributed by atoms with van der Waals surface area (Å²) in [4.78, 5) is 23.2. The second-order valence-corrected chi connectivity index (χ2v) is 5.58. The number of carbonyl (C=O) groups excluding carboxylic acids is 2. The van der Waals surface area contributed by atoms with Gasteiger partial charge in [0.05, 0.1) is 5.69 Å². The normalized spacial score (nSPS) is 10.4. The van der Waals surface area contributed by atoms with Crippen molar-refractivity contribution in [3.63, 3.8) is 0 Å². The Hall–Kier alpha value is -3.41. The Balaban J connectivity index is 2.04. The Morgan fingerprint density at radius 2 is 1.76 bits per heavy atom. The summed E-state index contributed by atoms with van der Waals surface area (Å²) in [7, 11) is 0. The van der Waals surface area contributed by atoms with E-state index in [9.17, 15) is 9.59 Å². The van der Waals surface area contributed by atoms with Gasteiger partial charge >= 0.3 is 5.97 Å². The standard InChI is InChI=1S/C19H17N3O3/c1-13-7-9-14(10-8-13)18-16(19(24)25-12-17(20)23)11-22(21-18)15-5-3-2-4-6-15/h2-11H,12H2,1H3,(H2,20,23). The number of esters is 1. The van der Waals surface area contributed by atoms with Gasteiger partial charge < -0.3 is 10.5 Å². The first-order valence-electron chi connectivity index (χ1n) is 7.72. The van der Waals surface area contributed by atoms with Crippen molar-refractivity contribution < 1.29 is 14.3 Å². The molecule has 0 aliphatic carbocycles. The highest BCUT2D eigenvalue weighted by Gasteiger charge is 2.20. The fourth-order valence-electron chi connectivity index (χ4n) is 2.38. The van der Waals surface area contributed by atoms with Gasteiger partial charge in [0.1, 0.15) is 11.3 Å². The van der Waals surface area contributed by atoms with E-state index in [1.165, 1.54) is 0 Å². The molecule has 25 heavy (non-hydrogen) atoms. The quantitative estimate of drug-likeness (QED) is 0.726. The zero-order valence-corrected chi connectivity index (χ0v) is 13.7. The van der Waals surface area contributed by atoms with Gasteiger partial charge in [0.25, 0.3) is 5.91 Å². The van der Waals surface area contributed by atoms with Gasteiger partial charge in [0.15, 0.2) is 6.61 Å². The Morgan fingerprint density at radius 1 is 1.08 bits per heavy atom. The molecule has 0 saturated heterocycles. The Morgan fingerprint density at radius 3 is 2.40 bits per heavy atom. The number of aryl methyl sites for hydroxylation is 1. The predicted octanol–water partition coefficient (Wildman–Crippen LogP) is 2.49. The molecule has 6 nitrogen and oxygen atoms in total. The van der Waals surface area contributed by atoms with E-state index in [-0.39, 0.29) is 5.56 Å². The zero-order chi connectivity index (χ0) is 17.8. The van der Waals surface area contributed by atoms with E-state index in [2.05, 4.69) is 5.10 Å². The van der Waals surface area contributed by atoms with E-state index in [0.29, 0.717) is 5.69 Å². The molecular formula is C19H17N3O3. The first-order valence-corrected chi connectivity index (χ1v) is 7.72. The number of hydrogen-bond donors (Lipinski definition) is 1. The summed E-state index contributed by atoms with van der Waals surface area (Å²) in [6.45, 7) is 1.51. The minimum absolute atomic E-state index is 0.272. The molecule has 1 amide bonds. The second kappa shape index (κ2) is 7.00. The largest absolute Gasteiger partial charge is 0.452 e. The maximum atomic E-state index is 12.4. The summed E-state index contributed by atoms with van der Waals surface area (Å²) < 4.78 is 6.56. The van der Waals surface area contributed by atoms with Crippen LogP contribution in [0.15, 0.2) is 60.8 Å². The summed E-state index contributed by atoms with van der Waals surface area (Å²) in [5, 5.41) is 4.53. The number of amides is 1. The molecule has 3 aromatic rings. The maximum Gasteiger partial charge on any atom is 0.342 e. The summed E-state index contributed by atoms with van der Waals surface area (Å²) >= 11 is 0. The van der Waals surface area contributed by atoms with Gasteiger partial charge in [-0.25, -0.2) is 9.48 Å². The van der Waals surface area contributed by atoms with Crippen LogP contribution in [0.1, 0.15) is 15.9 Å². The molecule has 1 heterocycles. The highest BCUT2D eigenvalue weighted by Crippen LogP contribution is 2.25. The lowest BCUT2D eigenvalue weighted by Crippen LogP contribution is -2.21. The van der Waals surface area contributed by atoms with E-state index in [1.54, 1.807) is 10.9 Å². The van der Waals surface area contributed by atoms with Gasteiger partial charge in [-0.3, -0.25) is 4.79 Å². The van der Waals surface area contributed by atoms with Crippen LogP contribution in [0.25, 0.3) is 16.9 Å². The van der Waals surface area contributed by atoms with Crippen molar-refractivity contribution in [2.24, 2.45) is 5.73 Å². The highest BCUT2D eigenvalue weighted by atomic mass is 16.5. The number of hydrogen-bond acceptors (Lipinski definition) is 4. The van der Waals surface area contributed by atoms with Gasteiger partial charge in [0.2, 0.25) is 0 Å². The molecule has 0 bridgehead atoms. The summed E-state index contributed by atoms with van der Waals surface area (Å²) in [5.41, 5.74) is 8.50. The summed E-state index contributed by atoms with van der Waals surface area (Å²) in [6.07, 6.45) is 1.59. The van der Waals surface area contributed by atoms with Crippen LogP contribution < -0.4 is 5.73 Å².